The lowest BCUT2D eigenvalue weighted by Crippen LogP contribution is -2.46. The molecule has 31 heavy (non-hydrogen) atoms. The molecule has 0 saturated carbocycles. The third-order valence-corrected chi connectivity index (χ3v) is 5.72. The third-order valence-electron chi connectivity index (χ3n) is 5.72. The summed E-state index contributed by atoms with van der Waals surface area (Å²) >= 11 is 0. The summed E-state index contributed by atoms with van der Waals surface area (Å²) in [6.07, 6.45) is -0.245. The van der Waals surface area contributed by atoms with Crippen molar-refractivity contribution >= 4 is 34.7 Å². The number of hydrogen-bond donors (Lipinski definition) is 3. The monoisotopic (exact) mass is 419 g/mol. The summed E-state index contributed by atoms with van der Waals surface area (Å²) in [4.78, 5) is 44.0. The average Bonchev–Trinajstić information content (AvgIpc) is 3.40. The van der Waals surface area contributed by atoms with Gasteiger partial charge in [-0.05, 0) is 30.6 Å². The van der Waals surface area contributed by atoms with Crippen LogP contribution in [0.4, 0.5) is 0 Å². The molecule has 3 aromatic rings. The van der Waals surface area contributed by atoms with Crippen LogP contribution in [0.1, 0.15) is 42.1 Å². The number of rotatable bonds is 4. The topological polar surface area (TPSA) is 142 Å². The van der Waals surface area contributed by atoms with Crippen LogP contribution < -0.4 is 11.1 Å². The van der Waals surface area contributed by atoms with Crippen LogP contribution in [0, 0.1) is 12.3 Å². The van der Waals surface area contributed by atoms with Gasteiger partial charge in [-0.3, -0.25) is 25.1 Å². The maximum absolute atomic E-state index is 13.1. The Kier molecular flexibility index (Phi) is 3.51. The van der Waals surface area contributed by atoms with Crippen molar-refractivity contribution in [2.75, 3.05) is 6.54 Å². The molecule has 0 unspecified atom stereocenters. The van der Waals surface area contributed by atoms with Crippen LogP contribution in [-0.4, -0.2) is 40.0 Å². The Morgan fingerprint density at radius 3 is 2.87 bits per heavy atom. The number of fused-ring (bicyclic) bond motifs is 2. The van der Waals surface area contributed by atoms with Crippen molar-refractivity contribution in [1.29, 1.82) is 5.41 Å². The molecule has 1 saturated heterocycles. The second kappa shape index (κ2) is 6.49. The molecule has 4 heterocycles. The van der Waals surface area contributed by atoms with Crippen molar-refractivity contribution in [1.82, 2.24) is 15.2 Å². The lowest BCUT2D eigenvalue weighted by atomic mass is 9.82. The molecule has 9 heteroatoms. The van der Waals surface area contributed by atoms with Gasteiger partial charge in [0.2, 0.25) is 11.8 Å². The van der Waals surface area contributed by atoms with Crippen LogP contribution in [-0.2, 0) is 21.5 Å². The van der Waals surface area contributed by atoms with Crippen LogP contribution in [0.3, 0.4) is 0 Å². The van der Waals surface area contributed by atoms with Gasteiger partial charge in [0.15, 0.2) is 5.58 Å². The molecule has 9 nitrogen and oxygen atoms in total. The van der Waals surface area contributed by atoms with E-state index in [0.29, 0.717) is 5.56 Å². The van der Waals surface area contributed by atoms with Crippen LogP contribution >= 0.6 is 0 Å². The average molecular weight is 419 g/mol. The van der Waals surface area contributed by atoms with E-state index in [-0.39, 0.29) is 60.1 Å². The number of carbonyl (C=O) groups is 3. The highest BCUT2D eigenvalue weighted by molar-refractivity contribution is 6.10. The maximum atomic E-state index is 13.1. The molecule has 2 aliphatic rings. The first-order chi connectivity index (χ1) is 15.6. The quantitative estimate of drug-likeness (QED) is 0.331. The predicted octanol–water partition coefficient (Wildman–Crippen LogP) is 1.36. The molecule has 2 aliphatic heterocycles. The van der Waals surface area contributed by atoms with Gasteiger partial charge in [0.05, 0.1) is 9.16 Å². The van der Waals surface area contributed by atoms with E-state index in [0.717, 1.165) is 11.1 Å². The second-order valence-electron chi connectivity index (χ2n) is 7.91. The molecule has 3 amide bonds. The molecular formula is C22H19N5O4. The zero-order valence-electron chi connectivity index (χ0n) is 18.5. The Labute approximate surface area is 179 Å². The molecule has 0 bridgehead atoms. The Morgan fingerprint density at radius 1 is 1.35 bits per heavy atom. The molecule has 0 aliphatic carbocycles. The second-order valence-corrected chi connectivity index (χ2v) is 7.91. The van der Waals surface area contributed by atoms with E-state index in [1.165, 1.54) is 11.0 Å². The number of aryl methyl sites for hydroxylation is 1. The van der Waals surface area contributed by atoms with Gasteiger partial charge < -0.3 is 15.1 Å². The van der Waals surface area contributed by atoms with Crippen LogP contribution in [0.5, 0.6) is 0 Å². The number of nitrogens with one attached hydrogen (secondary N) is 2. The summed E-state index contributed by atoms with van der Waals surface area (Å²) in [5, 5.41) is 9.89. The molecule has 4 N–H and O–H groups in total. The number of hydrogen-bond acceptors (Lipinski definition) is 6. The summed E-state index contributed by atoms with van der Waals surface area (Å²) in [6.45, 7) is 2.05. The normalized spacial score (nSPS) is 21.3. The molecule has 2 aromatic heterocycles. The Balaban J connectivity index is 1.61. The van der Waals surface area contributed by atoms with E-state index in [2.05, 4.69) is 10.3 Å². The largest absolute Gasteiger partial charge is 0.458 e. The van der Waals surface area contributed by atoms with E-state index >= 15 is 0 Å². The van der Waals surface area contributed by atoms with Gasteiger partial charge >= 0.3 is 0 Å². The SMILES string of the molecule is [2H]c1c(C(=N)N)nc2cc([C@]3(CN4Cc5ccc(C)cc5C4=O)CC(=O)NC3=O)oc2c1[2H]. The zero-order valence-corrected chi connectivity index (χ0v) is 16.5. The molecule has 1 fully saturated rings. The van der Waals surface area contributed by atoms with Gasteiger partial charge in [-0.25, -0.2) is 4.98 Å². The summed E-state index contributed by atoms with van der Waals surface area (Å²) in [7, 11) is 0. The number of amidine groups is 1. The van der Waals surface area contributed by atoms with Gasteiger partial charge in [0, 0.05) is 24.7 Å². The summed E-state index contributed by atoms with van der Waals surface area (Å²) < 4.78 is 22.1. The number of nitrogen functional groups attached to an aromatic ring is 1. The van der Waals surface area contributed by atoms with Gasteiger partial charge in [0.25, 0.3) is 5.91 Å². The van der Waals surface area contributed by atoms with Crippen molar-refractivity contribution in [2.45, 2.75) is 25.3 Å². The lowest BCUT2D eigenvalue weighted by Gasteiger charge is -2.28. The minimum absolute atomic E-state index is 0.0572. The maximum Gasteiger partial charge on any atom is 0.254 e. The molecule has 0 radical (unpaired) electrons. The minimum atomic E-state index is -1.52. The van der Waals surface area contributed by atoms with Gasteiger partial charge in [-0.2, -0.15) is 0 Å². The van der Waals surface area contributed by atoms with E-state index in [9.17, 15) is 14.4 Å². The number of benzene rings is 1. The highest BCUT2D eigenvalue weighted by atomic mass is 16.3. The zero-order chi connectivity index (χ0) is 23.7. The fourth-order valence-electron chi connectivity index (χ4n) is 4.16. The Bertz CT molecular complexity index is 1420. The van der Waals surface area contributed by atoms with E-state index in [4.69, 9.17) is 18.3 Å². The molecule has 1 aromatic carbocycles. The standard InChI is InChI=1S/C22H19N5O4/c1-11-2-3-12-9-27(20(29)13(12)6-11)10-22(8-18(28)26-21(22)30)17-7-15-16(31-17)5-4-14(25-15)19(23)24/h2-7H,8-10H2,1H3,(H3,23,24)(H,26,28,30)/t22-/m1/s1/i4D,5D. The minimum Gasteiger partial charge on any atom is -0.458 e. The van der Waals surface area contributed by atoms with Crippen molar-refractivity contribution in [3.63, 3.8) is 0 Å². The van der Waals surface area contributed by atoms with E-state index in [1.54, 1.807) is 6.07 Å². The molecular weight excluding hydrogens is 398 g/mol. The number of amides is 3. The van der Waals surface area contributed by atoms with E-state index in [1.807, 2.05) is 19.1 Å². The molecule has 1 atom stereocenters. The van der Waals surface area contributed by atoms with Crippen molar-refractivity contribution in [2.24, 2.45) is 5.73 Å². The van der Waals surface area contributed by atoms with Gasteiger partial charge in [-0.15, -0.1) is 0 Å². The summed E-state index contributed by atoms with van der Waals surface area (Å²) in [5.41, 5.74) is 6.18. The number of imide groups is 1. The van der Waals surface area contributed by atoms with Crippen molar-refractivity contribution < 1.29 is 21.5 Å². The number of aromatic nitrogens is 1. The van der Waals surface area contributed by atoms with Gasteiger partial charge in [0.1, 0.15) is 28.2 Å². The third kappa shape index (κ3) is 2.89. The molecule has 5 rings (SSSR count). The number of furan rings is 1. The Morgan fingerprint density at radius 2 is 2.16 bits per heavy atom. The summed E-state index contributed by atoms with van der Waals surface area (Å²) in [6, 6.07) is 6.26. The molecule has 0 spiro atoms. The first-order valence-electron chi connectivity index (χ1n) is 10.6. The summed E-state index contributed by atoms with van der Waals surface area (Å²) in [5.74, 6) is -1.79. The van der Waals surface area contributed by atoms with Crippen LogP contribution in [0.15, 0.2) is 40.8 Å². The highest BCUT2D eigenvalue weighted by Crippen LogP contribution is 2.38. The fraction of sp³-hybridized carbons (Fsp3) is 0.227. The molecule has 156 valence electrons. The van der Waals surface area contributed by atoms with Gasteiger partial charge in [-0.1, -0.05) is 17.7 Å². The predicted molar refractivity (Wildman–Crippen MR) is 110 cm³/mol. The van der Waals surface area contributed by atoms with Crippen LogP contribution in [0.2, 0.25) is 0 Å². The van der Waals surface area contributed by atoms with E-state index < -0.39 is 23.1 Å². The van der Waals surface area contributed by atoms with Crippen LogP contribution in [0.25, 0.3) is 11.1 Å². The first-order valence-corrected chi connectivity index (χ1v) is 9.59. The fourth-order valence-corrected chi connectivity index (χ4v) is 4.16. The highest BCUT2D eigenvalue weighted by Gasteiger charge is 2.53. The number of carbonyl (C=O) groups excluding carboxylic acids is 3. The number of nitrogens with two attached hydrogens (primary N) is 1. The van der Waals surface area contributed by atoms with Crippen molar-refractivity contribution in [3.05, 3.63) is 64.5 Å². The smallest absolute Gasteiger partial charge is 0.254 e. The van der Waals surface area contributed by atoms with Crippen molar-refractivity contribution in [3.8, 4) is 0 Å². The first kappa shape index (κ1) is 16.8. The Hall–Kier alpha value is -4.01. The number of pyridine rings is 1. The number of nitrogens with zero attached hydrogens (tertiary/aromatic N) is 2. The lowest BCUT2D eigenvalue weighted by molar-refractivity contribution is -0.126.